The van der Waals surface area contributed by atoms with E-state index in [2.05, 4.69) is 61.8 Å². The van der Waals surface area contributed by atoms with Gasteiger partial charge in [0.2, 0.25) is 0 Å². The molecule has 0 unspecified atom stereocenters. The largest absolute Gasteiger partial charge is 0.351 e. The molecule has 1 rings (SSSR count). The van der Waals surface area contributed by atoms with Gasteiger partial charge in [-0.2, -0.15) is 0 Å². The summed E-state index contributed by atoms with van der Waals surface area (Å²) in [6.07, 6.45) is 5.81. The Hall–Kier alpha value is -0.830. The third-order valence-corrected chi connectivity index (χ3v) is 4.46. The molecule has 0 aliphatic heterocycles. The fourth-order valence-corrected chi connectivity index (χ4v) is 3.42. The van der Waals surface area contributed by atoms with Crippen molar-refractivity contribution < 1.29 is 4.79 Å². The van der Waals surface area contributed by atoms with Crippen LogP contribution in [0.5, 0.6) is 0 Å². The van der Waals surface area contributed by atoms with Crippen molar-refractivity contribution in [3.8, 4) is 12.3 Å². The fourth-order valence-electron chi connectivity index (χ4n) is 2.05. The Bertz CT molecular complexity index is 534. The van der Waals surface area contributed by atoms with Gasteiger partial charge in [-0.15, -0.1) is 12.3 Å². The van der Waals surface area contributed by atoms with E-state index in [1.807, 2.05) is 12.1 Å². The van der Waals surface area contributed by atoms with Gasteiger partial charge in [0.1, 0.15) is 0 Å². The summed E-state index contributed by atoms with van der Waals surface area (Å²) < 4.78 is 1.70. The van der Waals surface area contributed by atoms with Crippen LogP contribution in [0, 0.1) is 12.3 Å². The first kappa shape index (κ1) is 18.2. The Morgan fingerprint density at radius 1 is 1.33 bits per heavy atom. The molecule has 0 atom stereocenters. The molecule has 114 valence electrons. The van der Waals surface area contributed by atoms with E-state index in [1.165, 1.54) is 0 Å². The Morgan fingerprint density at radius 3 is 2.57 bits per heavy atom. The van der Waals surface area contributed by atoms with Gasteiger partial charge in [-0.25, -0.2) is 0 Å². The molecule has 0 heterocycles. The molecule has 0 saturated carbocycles. The molecule has 1 N–H and O–H groups in total. The van der Waals surface area contributed by atoms with Crippen molar-refractivity contribution in [1.82, 2.24) is 10.2 Å². The zero-order chi connectivity index (χ0) is 15.8. The molecule has 0 saturated heterocycles. The van der Waals surface area contributed by atoms with E-state index in [0.717, 1.165) is 34.1 Å². The van der Waals surface area contributed by atoms with Crippen molar-refractivity contribution in [2.75, 3.05) is 26.2 Å². The molecule has 1 aromatic carbocycles. The summed E-state index contributed by atoms with van der Waals surface area (Å²) in [7, 11) is 0. The number of likely N-dealkylation sites (N-methyl/N-ethyl adjacent to an activating group) is 1. The third-order valence-electron chi connectivity index (χ3n) is 3.29. The molecule has 0 aromatic heterocycles. The van der Waals surface area contributed by atoms with Crippen molar-refractivity contribution >= 4 is 37.8 Å². The monoisotopic (exact) mass is 414 g/mol. The number of amides is 1. The third kappa shape index (κ3) is 5.46. The summed E-state index contributed by atoms with van der Waals surface area (Å²) in [5, 5.41) is 2.96. The predicted molar refractivity (Wildman–Crippen MR) is 94.5 cm³/mol. The average molecular weight is 416 g/mol. The normalized spacial score (nSPS) is 10.5. The molecule has 3 nitrogen and oxygen atoms in total. The highest BCUT2D eigenvalue weighted by atomic mass is 79.9. The van der Waals surface area contributed by atoms with Crippen LogP contribution in [0.2, 0.25) is 0 Å². The number of hydrogen-bond donors (Lipinski definition) is 1. The van der Waals surface area contributed by atoms with Crippen LogP contribution >= 0.6 is 31.9 Å². The van der Waals surface area contributed by atoms with E-state index in [0.29, 0.717) is 18.5 Å². The summed E-state index contributed by atoms with van der Waals surface area (Å²) in [4.78, 5) is 14.6. The van der Waals surface area contributed by atoms with Crippen LogP contribution in [0.1, 0.15) is 29.8 Å². The van der Waals surface area contributed by atoms with Gasteiger partial charge in [0, 0.05) is 34.0 Å². The molecule has 0 aliphatic rings. The number of benzene rings is 1. The second-order valence-corrected chi connectivity index (χ2v) is 6.35. The quantitative estimate of drug-likeness (QED) is 0.691. The average Bonchev–Trinajstić information content (AvgIpc) is 2.46. The summed E-state index contributed by atoms with van der Waals surface area (Å²) in [5.74, 6) is 2.51. The van der Waals surface area contributed by atoms with Crippen molar-refractivity contribution in [2.45, 2.75) is 20.3 Å². The first-order valence-electron chi connectivity index (χ1n) is 6.95. The van der Waals surface area contributed by atoms with E-state index >= 15 is 0 Å². The maximum atomic E-state index is 12.4. The van der Waals surface area contributed by atoms with Crippen LogP contribution in [-0.2, 0) is 6.42 Å². The molecular weight excluding hydrogens is 396 g/mol. The van der Waals surface area contributed by atoms with E-state index in [4.69, 9.17) is 6.42 Å². The van der Waals surface area contributed by atoms with Gasteiger partial charge in [0.15, 0.2) is 0 Å². The van der Waals surface area contributed by atoms with Crippen molar-refractivity contribution in [3.63, 3.8) is 0 Å². The Morgan fingerprint density at radius 2 is 2.00 bits per heavy atom. The van der Waals surface area contributed by atoms with E-state index in [-0.39, 0.29) is 5.91 Å². The number of carbonyl (C=O) groups is 1. The molecule has 0 fully saturated rings. The van der Waals surface area contributed by atoms with Gasteiger partial charge >= 0.3 is 0 Å². The number of carbonyl (C=O) groups excluding carboxylic acids is 1. The topological polar surface area (TPSA) is 32.3 Å². The summed E-state index contributed by atoms with van der Waals surface area (Å²) in [6, 6.07) is 3.71. The lowest BCUT2D eigenvalue weighted by Crippen LogP contribution is -2.35. The van der Waals surface area contributed by atoms with Gasteiger partial charge < -0.3 is 10.2 Å². The lowest BCUT2D eigenvalue weighted by atomic mass is 10.0. The molecule has 0 bridgehead atoms. The minimum absolute atomic E-state index is 0.0885. The lowest BCUT2D eigenvalue weighted by molar-refractivity contribution is 0.0948. The van der Waals surface area contributed by atoms with Crippen LogP contribution in [0.25, 0.3) is 0 Å². The highest BCUT2D eigenvalue weighted by molar-refractivity contribution is 9.11. The van der Waals surface area contributed by atoms with Crippen LogP contribution < -0.4 is 5.32 Å². The first-order chi connectivity index (χ1) is 10.0. The van der Waals surface area contributed by atoms with Gasteiger partial charge in [0.25, 0.3) is 5.91 Å². The predicted octanol–water partition coefficient (Wildman–Crippen LogP) is 3.46. The van der Waals surface area contributed by atoms with Crippen molar-refractivity contribution in [2.24, 2.45) is 0 Å². The van der Waals surface area contributed by atoms with Crippen LogP contribution in [-0.4, -0.2) is 37.0 Å². The van der Waals surface area contributed by atoms with Gasteiger partial charge in [-0.05, 0) is 30.8 Å². The number of hydrogen-bond acceptors (Lipinski definition) is 2. The SMILES string of the molecule is C#CCc1c(Br)cc(Br)cc1C(=O)NCCN(CC)CC. The highest BCUT2D eigenvalue weighted by Crippen LogP contribution is 2.26. The standard InChI is InChI=1S/C16H20Br2N2O/c1-4-7-13-14(10-12(17)11-15(13)18)16(21)19-8-9-20(5-2)6-3/h1,10-11H,5-9H2,2-3H3,(H,19,21). The molecule has 0 spiro atoms. The molecule has 0 radical (unpaired) electrons. The summed E-state index contributed by atoms with van der Waals surface area (Å²) in [5.41, 5.74) is 1.47. The number of nitrogens with one attached hydrogen (secondary N) is 1. The second-order valence-electron chi connectivity index (χ2n) is 4.58. The number of nitrogens with zero attached hydrogens (tertiary/aromatic N) is 1. The molecule has 0 aliphatic carbocycles. The van der Waals surface area contributed by atoms with Crippen LogP contribution in [0.15, 0.2) is 21.1 Å². The van der Waals surface area contributed by atoms with Gasteiger partial charge in [-0.1, -0.05) is 45.7 Å². The molecular formula is C16H20Br2N2O. The maximum absolute atomic E-state index is 12.4. The lowest BCUT2D eigenvalue weighted by Gasteiger charge is -2.18. The summed E-state index contributed by atoms with van der Waals surface area (Å²) in [6.45, 7) is 7.66. The van der Waals surface area contributed by atoms with E-state index in [1.54, 1.807) is 0 Å². The molecule has 1 aromatic rings. The zero-order valence-electron chi connectivity index (χ0n) is 12.4. The van der Waals surface area contributed by atoms with E-state index < -0.39 is 0 Å². The molecule has 5 heteroatoms. The second kappa shape index (κ2) is 9.24. The molecule has 1 amide bonds. The smallest absolute Gasteiger partial charge is 0.251 e. The maximum Gasteiger partial charge on any atom is 0.251 e. The Kier molecular flexibility index (Phi) is 8.02. The molecule has 21 heavy (non-hydrogen) atoms. The number of terminal acetylenes is 1. The zero-order valence-corrected chi connectivity index (χ0v) is 15.6. The van der Waals surface area contributed by atoms with Gasteiger partial charge in [-0.3, -0.25) is 4.79 Å². The summed E-state index contributed by atoms with van der Waals surface area (Å²) >= 11 is 6.88. The van der Waals surface area contributed by atoms with Gasteiger partial charge in [0.05, 0.1) is 0 Å². The number of rotatable bonds is 7. The van der Waals surface area contributed by atoms with Crippen molar-refractivity contribution in [3.05, 3.63) is 32.2 Å². The van der Waals surface area contributed by atoms with Crippen LogP contribution in [0.3, 0.4) is 0 Å². The minimum Gasteiger partial charge on any atom is -0.351 e. The first-order valence-corrected chi connectivity index (χ1v) is 8.54. The van der Waals surface area contributed by atoms with Crippen molar-refractivity contribution in [1.29, 1.82) is 0 Å². The van der Waals surface area contributed by atoms with Crippen LogP contribution in [0.4, 0.5) is 0 Å². The van der Waals surface area contributed by atoms with E-state index in [9.17, 15) is 4.79 Å². The number of halogens is 2. The highest BCUT2D eigenvalue weighted by Gasteiger charge is 2.14. The Labute approximate surface area is 143 Å². The minimum atomic E-state index is -0.0885. The fraction of sp³-hybridized carbons (Fsp3) is 0.438. The Balaban J connectivity index is 2.80.